The van der Waals surface area contributed by atoms with Crippen LogP contribution in [-0.4, -0.2) is 40.5 Å². The molecular formula is C31H31N3O5S2. The van der Waals surface area contributed by atoms with Gasteiger partial charge in [-0.1, -0.05) is 41.7 Å². The second kappa shape index (κ2) is 11.9. The van der Waals surface area contributed by atoms with Crippen molar-refractivity contribution in [3.05, 3.63) is 96.3 Å². The van der Waals surface area contributed by atoms with E-state index in [0.29, 0.717) is 27.2 Å². The summed E-state index contributed by atoms with van der Waals surface area (Å²) in [5, 5.41) is 0.924. The third kappa shape index (κ3) is 5.29. The van der Waals surface area contributed by atoms with Gasteiger partial charge in [0.2, 0.25) is 0 Å². The van der Waals surface area contributed by atoms with Gasteiger partial charge in [0.1, 0.15) is 6.54 Å². The molecule has 0 saturated heterocycles. The molecule has 4 aromatic rings. The van der Waals surface area contributed by atoms with Gasteiger partial charge in [-0.2, -0.15) is 0 Å². The normalized spacial score (nSPS) is 15.1. The standard InChI is InChI=1S/C31H31N3O5S2/c1-6-38-26(35)17-33-19(4)23(22-10-8-9-11-24(22)33)16-25-29(36)34-28(20-12-14-21(40-5)15-13-20)27(30(37)39-7-2)18(3)32-31(34)41-25/h8-16,28H,6-7,17H2,1-5H3/b25-16-. The van der Waals surface area contributed by atoms with Crippen molar-refractivity contribution in [1.29, 1.82) is 0 Å². The number of fused-ring (bicyclic) bond motifs is 2. The monoisotopic (exact) mass is 589 g/mol. The first-order valence-corrected chi connectivity index (χ1v) is 15.4. The van der Waals surface area contributed by atoms with Crippen LogP contribution in [0.5, 0.6) is 0 Å². The van der Waals surface area contributed by atoms with Crippen molar-refractivity contribution in [2.75, 3.05) is 19.5 Å². The molecule has 5 rings (SSSR count). The maximum atomic E-state index is 14.1. The van der Waals surface area contributed by atoms with Crippen molar-refractivity contribution in [1.82, 2.24) is 9.13 Å². The SMILES string of the molecule is CCOC(=O)Cn1c(C)c(/C=c2\sc3n(c2=O)C(c2ccc(SC)cc2)C(C(=O)OCC)=C(C)N=3)c2ccccc21. The number of nitrogens with zero attached hydrogens (tertiary/aromatic N) is 3. The fourth-order valence-electron chi connectivity index (χ4n) is 5.20. The number of thioether (sulfide) groups is 1. The van der Waals surface area contributed by atoms with E-state index in [0.717, 1.165) is 32.6 Å². The molecule has 0 spiro atoms. The van der Waals surface area contributed by atoms with Crippen molar-refractivity contribution in [2.24, 2.45) is 4.99 Å². The van der Waals surface area contributed by atoms with Gasteiger partial charge in [-0.05, 0) is 63.8 Å². The maximum absolute atomic E-state index is 14.1. The summed E-state index contributed by atoms with van der Waals surface area (Å²) in [6.45, 7) is 7.84. The number of thiazole rings is 1. The van der Waals surface area contributed by atoms with Crippen LogP contribution in [0.15, 0.2) is 74.5 Å². The Morgan fingerprint density at radius 2 is 1.76 bits per heavy atom. The molecule has 0 saturated carbocycles. The summed E-state index contributed by atoms with van der Waals surface area (Å²) < 4.78 is 14.6. The fraction of sp³-hybridized carbons (Fsp3) is 0.290. The molecule has 1 aliphatic rings. The van der Waals surface area contributed by atoms with Crippen LogP contribution in [0.2, 0.25) is 0 Å². The van der Waals surface area contributed by atoms with E-state index in [1.807, 2.05) is 72.4 Å². The van der Waals surface area contributed by atoms with Crippen LogP contribution in [0.3, 0.4) is 0 Å². The van der Waals surface area contributed by atoms with Crippen molar-refractivity contribution < 1.29 is 19.1 Å². The Morgan fingerprint density at radius 1 is 1.05 bits per heavy atom. The van der Waals surface area contributed by atoms with E-state index in [-0.39, 0.29) is 24.7 Å². The summed E-state index contributed by atoms with van der Waals surface area (Å²) in [7, 11) is 0. The zero-order chi connectivity index (χ0) is 29.3. The third-order valence-electron chi connectivity index (χ3n) is 7.10. The van der Waals surface area contributed by atoms with Gasteiger partial charge in [0.05, 0.1) is 35.1 Å². The van der Waals surface area contributed by atoms with E-state index in [4.69, 9.17) is 9.47 Å². The van der Waals surface area contributed by atoms with E-state index in [2.05, 4.69) is 4.99 Å². The zero-order valence-electron chi connectivity index (χ0n) is 23.6. The van der Waals surface area contributed by atoms with Gasteiger partial charge < -0.3 is 14.0 Å². The molecule has 10 heteroatoms. The lowest BCUT2D eigenvalue weighted by Gasteiger charge is -2.24. The second-order valence-corrected chi connectivity index (χ2v) is 11.4. The number of esters is 2. The molecular weight excluding hydrogens is 558 g/mol. The minimum Gasteiger partial charge on any atom is -0.465 e. The Labute approximate surface area is 245 Å². The highest BCUT2D eigenvalue weighted by atomic mass is 32.2. The molecule has 1 aliphatic heterocycles. The average molecular weight is 590 g/mol. The molecule has 0 radical (unpaired) electrons. The number of carbonyl (C=O) groups excluding carboxylic acids is 2. The van der Waals surface area contributed by atoms with Gasteiger partial charge in [-0.3, -0.25) is 14.2 Å². The molecule has 2 aromatic carbocycles. The quantitative estimate of drug-likeness (QED) is 0.224. The molecule has 212 valence electrons. The predicted octanol–water partition coefficient (Wildman–Crippen LogP) is 4.35. The topological polar surface area (TPSA) is 91.9 Å². The molecule has 0 amide bonds. The number of para-hydroxylation sites is 1. The van der Waals surface area contributed by atoms with E-state index >= 15 is 0 Å². The van der Waals surface area contributed by atoms with Crippen LogP contribution in [0.25, 0.3) is 17.0 Å². The lowest BCUT2D eigenvalue weighted by Crippen LogP contribution is -2.39. The summed E-state index contributed by atoms with van der Waals surface area (Å²) in [6, 6.07) is 15.0. The van der Waals surface area contributed by atoms with Crippen molar-refractivity contribution in [3.63, 3.8) is 0 Å². The predicted molar refractivity (Wildman–Crippen MR) is 162 cm³/mol. The van der Waals surface area contributed by atoms with Crippen LogP contribution in [0.4, 0.5) is 0 Å². The molecule has 0 N–H and O–H groups in total. The largest absolute Gasteiger partial charge is 0.465 e. The van der Waals surface area contributed by atoms with E-state index < -0.39 is 12.0 Å². The number of hydrogen-bond donors (Lipinski definition) is 0. The molecule has 0 fully saturated rings. The summed E-state index contributed by atoms with van der Waals surface area (Å²) in [4.78, 5) is 45.9. The Bertz CT molecular complexity index is 1860. The smallest absolute Gasteiger partial charge is 0.338 e. The van der Waals surface area contributed by atoms with Crippen LogP contribution < -0.4 is 14.9 Å². The third-order valence-corrected chi connectivity index (χ3v) is 8.82. The maximum Gasteiger partial charge on any atom is 0.338 e. The van der Waals surface area contributed by atoms with Crippen LogP contribution in [0, 0.1) is 6.92 Å². The van der Waals surface area contributed by atoms with Gasteiger partial charge in [-0.25, -0.2) is 9.79 Å². The highest BCUT2D eigenvalue weighted by Gasteiger charge is 2.33. The average Bonchev–Trinajstić information content (AvgIpc) is 3.41. The number of benzene rings is 2. The molecule has 0 aliphatic carbocycles. The number of carbonyl (C=O) groups is 2. The summed E-state index contributed by atoms with van der Waals surface area (Å²) in [6.07, 6.45) is 3.86. The van der Waals surface area contributed by atoms with Gasteiger partial charge >= 0.3 is 11.9 Å². The number of aromatic nitrogens is 2. The van der Waals surface area contributed by atoms with Crippen LogP contribution >= 0.6 is 23.1 Å². The first-order valence-electron chi connectivity index (χ1n) is 13.4. The lowest BCUT2D eigenvalue weighted by molar-refractivity contribution is -0.143. The Balaban J connectivity index is 1.71. The van der Waals surface area contributed by atoms with E-state index in [1.54, 1.807) is 37.1 Å². The number of hydrogen-bond acceptors (Lipinski definition) is 8. The molecule has 3 heterocycles. The highest BCUT2D eigenvalue weighted by Crippen LogP contribution is 2.32. The summed E-state index contributed by atoms with van der Waals surface area (Å²) in [5.41, 5.74) is 4.00. The molecule has 2 aromatic heterocycles. The first kappa shape index (κ1) is 28.6. The second-order valence-electron chi connectivity index (χ2n) is 9.48. The minimum atomic E-state index is -0.672. The summed E-state index contributed by atoms with van der Waals surface area (Å²) in [5.74, 6) is -0.809. The molecule has 0 bridgehead atoms. The van der Waals surface area contributed by atoms with E-state index in [9.17, 15) is 14.4 Å². The zero-order valence-corrected chi connectivity index (χ0v) is 25.2. The molecule has 41 heavy (non-hydrogen) atoms. The Kier molecular flexibility index (Phi) is 8.32. The first-order chi connectivity index (χ1) is 19.8. The molecule has 1 atom stereocenters. The molecule has 8 nitrogen and oxygen atoms in total. The number of allylic oxidation sites excluding steroid dienone is 1. The number of rotatable bonds is 8. The van der Waals surface area contributed by atoms with Gasteiger partial charge in [-0.15, -0.1) is 11.8 Å². The van der Waals surface area contributed by atoms with Crippen LogP contribution in [-0.2, 0) is 25.6 Å². The Hall–Kier alpha value is -3.89. The van der Waals surface area contributed by atoms with Crippen molar-refractivity contribution in [2.45, 2.75) is 45.2 Å². The minimum absolute atomic E-state index is 0.0728. The molecule has 1 unspecified atom stereocenters. The number of ether oxygens (including phenoxy) is 2. The Morgan fingerprint density at radius 3 is 2.44 bits per heavy atom. The van der Waals surface area contributed by atoms with Gasteiger partial charge in [0.25, 0.3) is 5.56 Å². The van der Waals surface area contributed by atoms with Gasteiger partial charge in [0, 0.05) is 27.1 Å². The highest BCUT2D eigenvalue weighted by molar-refractivity contribution is 7.98. The van der Waals surface area contributed by atoms with Crippen molar-refractivity contribution >= 4 is 52.0 Å². The van der Waals surface area contributed by atoms with Crippen molar-refractivity contribution in [3.8, 4) is 0 Å². The van der Waals surface area contributed by atoms with Gasteiger partial charge in [0.15, 0.2) is 4.80 Å². The fourth-order valence-corrected chi connectivity index (χ4v) is 6.64. The summed E-state index contributed by atoms with van der Waals surface area (Å²) >= 11 is 2.90. The van der Waals surface area contributed by atoms with E-state index in [1.165, 1.54) is 11.3 Å². The lowest BCUT2D eigenvalue weighted by atomic mass is 9.96. The van der Waals surface area contributed by atoms with Crippen LogP contribution in [0.1, 0.15) is 43.6 Å².